The number of rotatable bonds is 14. The van der Waals surface area contributed by atoms with Gasteiger partial charge in [0.25, 0.3) is 0 Å². The van der Waals surface area contributed by atoms with Crippen LogP contribution in [0, 0.1) is 6.92 Å². The molecule has 0 aliphatic carbocycles. The molecule has 0 saturated carbocycles. The van der Waals surface area contributed by atoms with Crippen molar-refractivity contribution in [3.63, 3.8) is 0 Å². The average Bonchev–Trinajstić information content (AvgIpc) is 2.65. The number of methoxy groups -OCH3 is 2. The van der Waals surface area contributed by atoms with Crippen molar-refractivity contribution in [2.75, 3.05) is 20.8 Å². The average molecular weight is 492 g/mol. The van der Waals surface area contributed by atoms with E-state index in [1.54, 1.807) is 13.0 Å². The van der Waals surface area contributed by atoms with Gasteiger partial charge in [-0.3, -0.25) is 4.79 Å². The molecule has 0 aliphatic rings. The van der Waals surface area contributed by atoms with Crippen LogP contribution >= 0.6 is 22.6 Å². The molecule has 1 aromatic carbocycles. The number of Topliss-reactive ketones (excluding diaryl/α,β-unsaturated/α-hetero) is 1. The molecule has 1 aromatic rings. The zero-order valence-electron chi connectivity index (χ0n) is 16.7. The Kier molecular flexibility index (Phi) is 11.7. The summed E-state index contributed by atoms with van der Waals surface area (Å²) in [6.45, 7) is 2.09. The Morgan fingerprint density at radius 1 is 1.04 bits per heavy atom. The van der Waals surface area contributed by atoms with Crippen LogP contribution in [0.25, 0.3) is 0 Å². The number of aliphatic hydroxyl groups excluding tert-OH is 1. The van der Waals surface area contributed by atoms with Gasteiger partial charge in [0.15, 0.2) is 17.3 Å². The van der Waals surface area contributed by atoms with Gasteiger partial charge in [0, 0.05) is 6.61 Å². The lowest BCUT2D eigenvalue weighted by molar-refractivity contribution is 0.0987. The van der Waals surface area contributed by atoms with E-state index in [-0.39, 0.29) is 21.2 Å². The molecule has 154 valence electrons. The Labute approximate surface area is 176 Å². The fraction of sp³-hybridized carbons (Fsp3) is 0.667. The van der Waals surface area contributed by atoms with E-state index in [9.17, 15) is 9.90 Å². The minimum absolute atomic E-state index is 0.0597. The quantitative estimate of drug-likeness (QED) is 0.162. The van der Waals surface area contributed by atoms with Crippen LogP contribution in [0.2, 0.25) is 0 Å². The van der Waals surface area contributed by atoms with Crippen LogP contribution < -0.4 is 9.47 Å². The summed E-state index contributed by atoms with van der Waals surface area (Å²) in [6, 6.07) is 1.73. The first kappa shape index (κ1) is 24.0. The third kappa shape index (κ3) is 7.49. The van der Waals surface area contributed by atoms with Gasteiger partial charge in [-0.25, -0.2) is 0 Å². The van der Waals surface area contributed by atoms with Crippen LogP contribution in [0.5, 0.6) is 17.2 Å². The highest BCUT2D eigenvalue weighted by molar-refractivity contribution is 14.1. The molecule has 0 aromatic heterocycles. The Bertz CT molecular complexity index is 588. The number of phenolic OH excluding ortho intramolecular Hbond substituents is 1. The standard InChI is InChI=1S/C21H33IO5/c1-15-14-17(26-2)21(27-3)20(25)18(15)19(24)16(22)12-10-8-6-4-5-7-9-11-13-23/h14,16,23,25H,4-13H2,1-3H3. The van der Waals surface area contributed by atoms with Crippen LogP contribution in [-0.4, -0.2) is 40.7 Å². The molecule has 6 heteroatoms. The molecule has 1 unspecified atom stereocenters. The molecule has 0 saturated heterocycles. The molecule has 0 heterocycles. The number of hydrogen-bond donors (Lipinski definition) is 2. The number of benzene rings is 1. The number of aryl methyl sites for hydroxylation is 1. The topological polar surface area (TPSA) is 76.0 Å². The third-order valence-electron chi connectivity index (χ3n) is 4.74. The van der Waals surface area contributed by atoms with Gasteiger partial charge in [-0.05, 0) is 31.4 Å². The molecule has 0 bridgehead atoms. The van der Waals surface area contributed by atoms with E-state index in [1.165, 1.54) is 39.9 Å². The smallest absolute Gasteiger partial charge is 0.203 e. The van der Waals surface area contributed by atoms with Gasteiger partial charge in [-0.1, -0.05) is 67.5 Å². The lowest BCUT2D eigenvalue weighted by Gasteiger charge is -2.17. The van der Waals surface area contributed by atoms with Gasteiger partial charge in [0.2, 0.25) is 5.75 Å². The molecule has 1 rings (SSSR count). The van der Waals surface area contributed by atoms with Crippen molar-refractivity contribution in [3.05, 3.63) is 17.2 Å². The Hall–Kier alpha value is -1.02. The van der Waals surface area contributed by atoms with Crippen LogP contribution in [0.4, 0.5) is 0 Å². The number of phenols is 1. The molecule has 0 spiro atoms. The van der Waals surface area contributed by atoms with Gasteiger partial charge in [-0.15, -0.1) is 0 Å². The summed E-state index contributed by atoms with van der Waals surface area (Å²) in [7, 11) is 2.96. The number of halogens is 1. The highest BCUT2D eigenvalue weighted by Crippen LogP contribution is 2.42. The van der Waals surface area contributed by atoms with Crippen molar-refractivity contribution in [2.24, 2.45) is 0 Å². The summed E-state index contributed by atoms with van der Waals surface area (Å²) < 4.78 is 10.3. The first-order valence-electron chi connectivity index (χ1n) is 9.71. The Morgan fingerprint density at radius 3 is 2.11 bits per heavy atom. The first-order chi connectivity index (χ1) is 13.0. The second-order valence-electron chi connectivity index (χ2n) is 6.83. The van der Waals surface area contributed by atoms with E-state index in [0.29, 0.717) is 23.5 Å². The molecule has 2 N–H and O–H groups in total. The van der Waals surface area contributed by atoms with Crippen molar-refractivity contribution in [1.82, 2.24) is 0 Å². The van der Waals surface area contributed by atoms with Gasteiger partial charge in [0.05, 0.1) is 23.7 Å². The third-order valence-corrected chi connectivity index (χ3v) is 5.93. The van der Waals surface area contributed by atoms with E-state index in [0.717, 1.165) is 32.1 Å². The highest BCUT2D eigenvalue weighted by Gasteiger charge is 2.26. The summed E-state index contributed by atoms with van der Waals surface area (Å²) in [5.41, 5.74) is 1.02. The minimum atomic E-state index is -0.171. The normalized spacial score (nSPS) is 12.0. The number of ether oxygens (including phenoxy) is 2. The molecular weight excluding hydrogens is 459 g/mol. The maximum Gasteiger partial charge on any atom is 0.203 e. The number of carbonyl (C=O) groups is 1. The van der Waals surface area contributed by atoms with Gasteiger partial charge in [0.1, 0.15) is 0 Å². The van der Waals surface area contributed by atoms with E-state index in [2.05, 4.69) is 22.6 Å². The van der Waals surface area contributed by atoms with Crippen molar-refractivity contribution in [3.8, 4) is 17.2 Å². The number of unbranched alkanes of at least 4 members (excludes halogenated alkanes) is 7. The number of carbonyl (C=O) groups excluding carboxylic acids is 1. The lowest BCUT2D eigenvalue weighted by Crippen LogP contribution is -2.16. The SMILES string of the molecule is COc1cc(C)c(C(=O)C(I)CCCCCCCCCCO)c(O)c1OC. The zero-order valence-corrected chi connectivity index (χ0v) is 18.9. The van der Waals surface area contributed by atoms with Gasteiger partial charge < -0.3 is 19.7 Å². The number of alkyl halides is 1. The lowest BCUT2D eigenvalue weighted by atomic mass is 9.97. The van der Waals surface area contributed by atoms with Crippen molar-refractivity contribution in [2.45, 2.75) is 68.6 Å². The van der Waals surface area contributed by atoms with E-state index in [4.69, 9.17) is 14.6 Å². The second kappa shape index (κ2) is 13.2. The van der Waals surface area contributed by atoms with Crippen LogP contribution in [0.3, 0.4) is 0 Å². The molecule has 0 radical (unpaired) electrons. The van der Waals surface area contributed by atoms with Gasteiger partial charge in [-0.2, -0.15) is 0 Å². The molecule has 5 nitrogen and oxygen atoms in total. The molecule has 27 heavy (non-hydrogen) atoms. The fourth-order valence-electron chi connectivity index (χ4n) is 3.19. The number of hydrogen-bond acceptors (Lipinski definition) is 5. The summed E-state index contributed by atoms with van der Waals surface area (Å²) in [4.78, 5) is 12.8. The fourth-order valence-corrected chi connectivity index (χ4v) is 3.95. The monoisotopic (exact) mass is 492 g/mol. The second-order valence-corrected chi connectivity index (χ2v) is 8.33. The van der Waals surface area contributed by atoms with Gasteiger partial charge >= 0.3 is 0 Å². The minimum Gasteiger partial charge on any atom is -0.504 e. The number of ketones is 1. The Balaban J connectivity index is 2.50. The zero-order chi connectivity index (χ0) is 20.2. The largest absolute Gasteiger partial charge is 0.504 e. The predicted octanol–water partition coefficient (Wildman–Crippen LogP) is 5.21. The molecule has 0 amide bonds. The van der Waals surface area contributed by atoms with Crippen LogP contribution in [0.1, 0.15) is 73.7 Å². The predicted molar refractivity (Wildman–Crippen MR) is 117 cm³/mol. The number of aromatic hydroxyl groups is 1. The van der Waals surface area contributed by atoms with Crippen LogP contribution in [0.15, 0.2) is 6.07 Å². The van der Waals surface area contributed by atoms with Crippen molar-refractivity contribution in [1.29, 1.82) is 0 Å². The van der Waals surface area contributed by atoms with E-state index in [1.807, 2.05) is 0 Å². The first-order valence-corrected chi connectivity index (χ1v) is 11.0. The molecule has 0 fully saturated rings. The highest BCUT2D eigenvalue weighted by atomic mass is 127. The molecule has 1 atom stereocenters. The van der Waals surface area contributed by atoms with Crippen molar-refractivity contribution >= 4 is 28.4 Å². The van der Waals surface area contributed by atoms with Crippen molar-refractivity contribution < 1.29 is 24.5 Å². The summed E-state index contributed by atoms with van der Waals surface area (Å²) in [5.74, 6) is 0.434. The van der Waals surface area contributed by atoms with E-state index >= 15 is 0 Å². The van der Waals surface area contributed by atoms with E-state index < -0.39 is 0 Å². The maximum absolute atomic E-state index is 12.8. The molecule has 0 aliphatic heterocycles. The Morgan fingerprint density at radius 2 is 1.59 bits per heavy atom. The molecular formula is C21H33IO5. The number of aliphatic hydroxyl groups is 1. The maximum atomic E-state index is 12.8. The van der Waals surface area contributed by atoms with Crippen LogP contribution in [-0.2, 0) is 0 Å². The summed E-state index contributed by atoms with van der Waals surface area (Å²) >= 11 is 2.17. The summed E-state index contributed by atoms with van der Waals surface area (Å²) in [6.07, 6.45) is 9.72. The summed E-state index contributed by atoms with van der Waals surface area (Å²) in [5, 5.41) is 19.2.